The molecule has 1 amide bonds. The third-order valence-electron chi connectivity index (χ3n) is 2.76. The Hall–Kier alpha value is -0.620. The minimum Gasteiger partial charge on any atom is -0.383 e. The molecule has 1 aliphatic heterocycles. The fraction of sp³-hybridized carbons (Fsp3) is 0.417. The highest BCUT2D eigenvalue weighted by molar-refractivity contribution is 14.1. The number of methoxy groups -OCH3 is 1. The van der Waals surface area contributed by atoms with Crippen molar-refractivity contribution in [3.8, 4) is 0 Å². The molecule has 0 saturated heterocycles. The van der Waals surface area contributed by atoms with E-state index in [1.54, 1.807) is 7.11 Å². The summed E-state index contributed by atoms with van der Waals surface area (Å²) in [6.07, 6.45) is 1.46. The van der Waals surface area contributed by atoms with Gasteiger partial charge in [-0.15, -0.1) is 0 Å². The summed E-state index contributed by atoms with van der Waals surface area (Å²) in [7, 11) is 1.66. The molecule has 1 aliphatic rings. The van der Waals surface area contributed by atoms with E-state index in [-0.39, 0.29) is 5.91 Å². The van der Waals surface area contributed by atoms with Crippen molar-refractivity contribution in [3.05, 3.63) is 27.3 Å². The molecule has 0 fully saturated rings. The topological polar surface area (TPSA) is 29.5 Å². The molecule has 0 N–H and O–H groups in total. The van der Waals surface area contributed by atoms with Crippen molar-refractivity contribution in [1.82, 2.24) is 0 Å². The van der Waals surface area contributed by atoms with Crippen LogP contribution in [-0.2, 0) is 16.0 Å². The van der Waals surface area contributed by atoms with Gasteiger partial charge in [0.25, 0.3) is 0 Å². The number of nitrogens with zero attached hydrogens (tertiary/aromatic N) is 1. The summed E-state index contributed by atoms with van der Waals surface area (Å²) >= 11 is 2.30. The van der Waals surface area contributed by atoms with Gasteiger partial charge in [0.2, 0.25) is 5.91 Å². The normalized spacial score (nSPS) is 15.1. The molecule has 1 aromatic rings. The molecule has 0 unspecified atom stereocenters. The van der Waals surface area contributed by atoms with Gasteiger partial charge in [-0.1, -0.05) is 0 Å². The van der Waals surface area contributed by atoms with Crippen LogP contribution < -0.4 is 4.90 Å². The van der Waals surface area contributed by atoms with Crippen LogP contribution in [0.4, 0.5) is 5.69 Å². The first-order valence-corrected chi connectivity index (χ1v) is 6.38. The number of aryl methyl sites for hydroxylation is 1. The zero-order valence-electron chi connectivity index (χ0n) is 9.20. The van der Waals surface area contributed by atoms with Gasteiger partial charge in [0.15, 0.2) is 0 Å². The summed E-state index contributed by atoms with van der Waals surface area (Å²) < 4.78 is 6.26. The maximum atomic E-state index is 11.8. The molecule has 86 valence electrons. The van der Waals surface area contributed by atoms with Gasteiger partial charge in [-0.05, 0) is 52.8 Å². The monoisotopic (exact) mass is 331 g/mol. The lowest BCUT2D eigenvalue weighted by molar-refractivity contribution is -0.119. The molecule has 0 spiro atoms. The second-order valence-corrected chi connectivity index (χ2v) is 5.06. The van der Waals surface area contributed by atoms with Gasteiger partial charge >= 0.3 is 0 Å². The second kappa shape index (κ2) is 5.14. The Balaban J connectivity index is 2.29. The molecule has 0 atom stereocenters. The highest BCUT2D eigenvalue weighted by atomic mass is 127. The predicted octanol–water partition coefficient (Wildman–Crippen LogP) is 2.22. The number of rotatable bonds is 3. The smallest absolute Gasteiger partial charge is 0.227 e. The number of carbonyl (C=O) groups excluding carboxylic acids is 1. The summed E-state index contributed by atoms with van der Waals surface area (Å²) in [5.74, 6) is 0.200. The summed E-state index contributed by atoms with van der Waals surface area (Å²) in [6.45, 7) is 1.22. The van der Waals surface area contributed by atoms with Gasteiger partial charge in [0, 0.05) is 29.3 Å². The van der Waals surface area contributed by atoms with Crippen LogP contribution in [0, 0.1) is 3.57 Å². The van der Waals surface area contributed by atoms with E-state index < -0.39 is 0 Å². The van der Waals surface area contributed by atoms with Crippen LogP contribution in [0.2, 0.25) is 0 Å². The summed E-state index contributed by atoms with van der Waals surface area (Å²) in [6, 6.07) is 6.23. The first kappa shape index (κ1) is 11.9. The maximum Gasteiger partial charge on any atom is 0.227 e. The van der Waals surface area contributed by atoms with E-state index in [0.717, 1.165) is 12.1 Å². The minimum atomic E-state index is 0.200. The van der Waals surface area contributed by atoms with E-state index in [1.165, 1.54) is 9.13 Å². The predicted molar refractivity (Wildman–Crippen MR) is 71.7 cm³/mol. The Bertz CT molecular complexity index is 406. The van der Waals surface area contributed by atoms with E-state index in [0.29, 0.717) is 19.6 Å². The quantitative estimate of drug-likeness (QED) is 0.795. The standard InChI is InChI=1S/C12H14INO2/c1-16-7-6-14-11-4-3-10(13)8-9(11)2-5-12(14)15/h3-4,8H,2,5-7H2,1H3. The Morgan fingerprint density at radius 2 is 2.25 bits per heavy atom. The highest BCUT2D eigenvalue weighted by Crippen LogP contribution is 2.28. The number of amides is 1. The van der Waals surface area contributed by atoms with Crippen molar-refractivity contribution in [2.45, 2.75) is 12.8 Å². The molecule has 0 bridgehead atoms. The zero-order chi connectivity index (χ0) is 11.5. The average Bonchev–Trinajstić information content (AvgIpc) is 2.28. The molecule has 0 aliphatic carbocycles. The molecule has 4 heteroatoms. The lowest BCUT2D eigenvalue weighted by Crippen LogP contribution is -2.37. The molecule has 1 heterocycles. The zero-order valence-corrected chi connectivity index (χ0v) is 11.4. The molecular formula is C12H14INO2. The van der Waals surface area contributed by atoms with Crippen LogP contribution >= 0.6 is 22.6 Å². The van der Waals surface area contributed by atoms with Crippen molar-refractivity contribution < 1.29 is 9.53 Å². The molecule has 0 saturated carbocycles. The summed E-state index contributed by atoms with van der Waals surface area (Å²) in [5.41, 5.74) is 2.32. The first-order chi connectivity index (χ1) is 7.72. The van der Waals surface area contributed by atoms with Crippen LogP contribution in [0.3, 0.4) is 0 Å². The molecule has 1 aromatic carbocycles. The number of halogens is 1. The van der Waals surface area contributed by atoms with Crippen molar-refractivity contribution in [2.75, 3.05) is 25.2 Å². The van der Waals surface area contributed by atoms with E-state index >= 15 is 0 Å². The van der Waals surface area contributed by atoms with E-state index in [2.05, 4.69) is 28.7 Å². The van der Waals surface area contributed by atoms with Crippen LogP contribution in [0.15, 0.2) is 18.2 Å². The number of anilines is 1. The maximum absolute atomic E-state index is 11.8. The molecule has 0 aromatic heterocycles. The van der Waals surface area contributed by atoms with Crippen LogP contribution in [-0.4, -0.2) is 26.2 Å². The second-order valence-electron chi connectivity index (χ2n) is 3.81. The van der Waals surface area contributed by atoms with Gasteiger partial charge < -0.3 is 9.64 Å². The SMILES string of the molecule is COCCN1C(=O)CCc2cc(I)ccc21. The molecule has 16 heavy (non-hydrogen) atoms. The molecule has 0 radical (unpaired) electrons. The Morgan fingerprint density at radius 1 is 1.44 bits per heavy atom. The number of hydrogen-bond acceptors (Lipinski definition) is 2. The van der Waals surface area contributed by atoms with E-state index in [1.807, 2.05) is 17.0 Å². The number of hydrogen-bond donors (Lipinski definition) is 0. The van der Waals surface area contributed by atoms with Crippen LogP contribution in [0.25, 0.3) is 0 Å². The van der Waals surface area contributed by atoms with Gasteiger partial charge in [-0.3, -0.25) is 4.79 Å². The van der Waals surface area contributed by atoms with Gasteiger partial charge in [0.1, 0.15) is 0 Å². The van der Waals surface area contributed by atoms with Crippen LogP contribution in [0.1, 0.15) is 12.0 Å². The van der Waals surface area contributed by atoms with Crippen molar-refractivity contribution in [3.63, 3.8) is 0 Å². The highest BCUT2D eigenvalue weighted by Gasteiger charge is 2.23. The third kappa shape index (κ3) is 2.38. The van der Waals surface area contributed by atoms with Gasteiger partial charge in [-0.25, -0.2) is 0 Å². The summed E-state index contributed by atoms with van der Waals surface area (Å²) in [5, 5.41) is 0. The Kier molecular flexibility index (Phi) is 3.81. The summed E-state index contributed by atoms with van der Waals surface area (Å²) in [4.78, 5) is 13.6. The third-order valence-corrected chi connectivity index (χ3v) is 3.43. The molecular weight excluding hydrogens is 317 g/mol. The Labute approximate surface area is 109 Å². The van der Waals surface area contributed by atoms with Gasteiger partial charge in [-0.2, -0.15) is 0 Å². The van der Waals surface area contributed by atoms with Gasteiger partial charge in [0.05, 0.1) is 6.61 Å². The number of ether oxygens (including phenoxy) is 1. The average molecular weight is 331 g/mol. The molecule has 3 nitrogen and oxygen atoms in total. The van der Waals surface area contributed by atoms with Crippen molar-refractivity contribution >= 4 is 34.2 Å². The van der Waals surface area contributed by atoms with Crippen molar-refractivity contribution in [1.29, 1.82) is 0 Å². The molecule has 2 rings (SSSR count). The lowest BCUT2D eigenvalue weighted by Gasteiger charge is -2.29. The first-order valence-electron chi connectivity index (χ1n) is 5.30. The Morgan fingerprint density at radius 3 is 3.00 bits per heavy atom. The number of carbonyl (C=O) groups is 1. The lowest BCUT2D eigenvalue weighted by atomic mass is 10.0. The minimum absolute atomic E-state index is 0.200. The largest absolute Gasteiger partial charge is 0.383 e. The number of benzene rings is 1. The fourth-order valence-electron chi connectivity index (χ4n) is 1.96. The van der Waals surface area contributed by atoms with E-state index in [4.69, 9.17) is 4.74 Å². The fourth-order valence-corrected chi connectivity index (χ4v) is 2.51. The van der Waals surface area contributed by atoms with Crippen LogP contribution in [0.5, 0.6) is 0 Å². The van der Waals surface area contributed by atoms with Crippen molar-refractivity contribution in [2.24, 2.45) is 0 Å². The van der Waals surface area contributed by atoms with E-state index in [9.17, 15) is 4.79 Å². The number of fused-ring (bicyclic) bond motifs is 1.